The molecule has 0 amide bonds. The lowest BCUT2D eigenvalue weighted by Gasteiger charge is -2.26. The molecule has 0 bridgehead atoms. The van der Waals surface area contributed by atoms with Crippen LogP contribution in [0.4, 0.5) is 0 Å². The summed E-state index contributed by atoms with van der Waals surface area (Å²) in [6.45, 7) is 2.16. The molecule has 0 aromatic carbocycles. The van der Waals surface area contributed by atoms with E-state index in [2.05, 4.69) is 9.88 Å². The van der Waals surface area contributed by atoms with Gasteiger partial charge >= 0.3 is 5.97 Å². The molecule has 1 aliphatic heterocycles. The molecule has 1 fully saturated rings. The van der Waals surface area contributed by atoms with Gasteiger partial charge in [-0.15, -0.1) is 0 Å². The van der Waals surface area contributed by atoms with Crippen LogP contribution in [0.5, 0.6) is 0 Å². The van der Waals surface area contributed by atoms with Crippen molar-refractivity contribution in [2.24, 2.45) is 0 Å². The Labute approximate surface area is 109 Å². The van der Waals surface area contributed by atoms with Crippen LogP contribution in [0.15, 0.2) is 18.3 Å². The van der Waals surface area contributed by atoms with E-state index in [4.69, 9.17) is 4.74 Å². The maximum atomic E-state index is 11.6. The fourth-order valence-electron chi connectivity index (χ4n) is 1.91. The molecule has 6 heteroatoms. The number of ether oxygens (including phenoxy) is 1. The number of rotatable bonds is 3. The van der Waals surface area contributed by atoms with E-state index in [1.165, 1.54) is 7.11 Å². The average Bonchev–Trinajstić information content (AvgIpc) is 2.41. The Kier molecular flexibility index (Phi) is 4.43. The van der Waals surface area contributed by atoms with Gasteiger partial charge in [-0.25, -0.2) is 4.79 Å². The zero-order chi connectivity index (χ0) is 13.0. The van der Waals surface area contributed by atoms with Crippen molar-refractivity contribution in [1.29, 1.82) is 0 Å². The Balaban J connectivity index is 2.09. The summed E-state index contributed by atoms with van der Waals surface area (Å²) < 4.78 is 16.0. The van der Waals surface area contributed by atoms with Crippen molar-refractivity contribution in [3.05, 3.63) is 29.6 Å². The third kappa shape index (κ3) is 3.14. The van der Waals surface area contributed by atoms with Gasteiger partial charge in [0.15, 0.2) is 0 Å². The Morgan fingerprint density at radius 2 is 2.22 bits per heavy atom. The van der Waals surface area contributed by atoms with Gasteiger partial charge in [0.1, 0.15) is 0 Å². The monoisotopic (exact) mass is 268 g/mol. The van der Waals surface area contributed by atoms with Crippen molar-refractivity contribution in [1.82, 2.24) is 9.88 Å². The van der Waals surface area contributed by atoms with E-state index >= 15 is 0 Å². The largest absolute Gasteiger partial charge is 0.465 e. The Morgan fingerprint density at radius 3 is 2.89 bits per heavy atom. The fourth-order valence-corrected chi connectivity index (χ4v) is 3.03. The zero-order valence-electron chi connectivity index (χ0n) is 10.3. The lowest BCUT2D eigenvalue weighted by Crippen LogP contribution is -2.37. The SMILES string of the molecule is COC(=O)c1cccnc1CN1CCS(=O)CC1. The zero-order valence-corrected chi connectivity index (χ0v) is 11.1. The number of esters is 1. The second-order valence-corrected chi connectivity index (χ2v) is 5.81. The molecular formula is C12H16N2O3S. The van der Waals surface area contributed by atoms with Crippen molar-refractivity contribution >= 4 is 16.8 Å². The van der Waals surface area contributed by atoms with E-state index in [0.29, 0.717) is 23.6 Å². The molecule has 5 nitrogen and oxygen atoms in total. The molecule has 18 heavy (non-hydrogen) atoms. The van der Waals surface area contributed by atoms with Gasteiger partial charge in [0, 0.05) is 48.1 Å². The first-order valence-corrected chi connectivity index (χ1v) is 7.29. The number of nitrogens with zero attached hydrogens (tertiary/aromatic N) is 2. The first-order valence-electron chi connectivity index (χ1n) is 5.80. The highest BCUT2D eigenvalue weighted by Gasteiger charge is 2.19. The summed E-state index contributed by atoms with van der Waals surface area (Å²) in [6.07, 6.45) is 1.67. The highest BCUT2D eigenvalue weighted by molar-refractivity contribution is 7.85. The van der Waals surface area contributed by atoms with Crippen molar-refractivity contribution < 1.29 is 13.7 Å². The Morgan fingerprint density at radius 1 is 1.50 bits per heavy atom. The number of pyridine rings is 1. The second-order valence-electron chi connectivity index (χ2n) is 4.11. The third-order valence-electron chi connectivity index (χ3n) is 2.94. The molecule has 1 aromatic heterocycles. The normalized spacial score (nSPS) is 17.6. The van der Waals surface area contributed by atoms with Crippen molar-refractivity contribution in [3.8, 4) is 0 Å². The lowest BCUT2D eigenvalue weighted by molar-refractivity contribution is 0.0597. The van der Waals surface area contributed by atoms with Crippen molar-refractivity contribution in [2.75, 3.05) is 31.7 Å². The van der Waals surface area contributed by atoms with E-state index in [0.717, 1.165) is 18.8 Å². The quantitative estimate of drug-likeness (QED) is 0.744. The van der Waals surface area contributed by atoms with Gasteiger partial charge in [-0.1, -0.05) is 0 Å². The van der Waals surface area contributed by atoms with Crippen LogP contribution in [0, 0.1) is 0 Å². The van der Waals surface area contributed by atoms with Crippen LogP contribution < -0.4 is 0 Å². The summed E-state index contributed by atoms with van der Waals surface area (Å²) in [7, 11) is 0.676. The molecule has 0 atom stereocenters. The molecule has 2 heterocycles. The molecule has 1 saturated heterocycles. The third-order valence-corrected chi connectivity index (χ3v) is 4.22. The number of aromatic nitrogens is 1. The summed E-state index contributed by atoms with van der Waals surface area (Å²) in [5, 5.41) is 0. The molecule has 0 unspecified atom stereocenters. The van der Waals surface area contributed by atoms with Gasteiger partial charge in [0.2, 0.25) is 0 Å². The van der Waals surface area contributed by atoms with Gasteiger partial charge in [0.25, 0.3) is 0 Å². The Bertz CT molecular complexity index is 454. The minimum absolute atomic E-state index is 0.362. The Hall–Kier alpha value is -1.27. The van der Waals surface area contributed by atoms with Crippen LogP contribution in [0.3, 0.4) is 0 Å². The number of carbonyl (C=O) groups is 1. The smallest absolute Gasteiger partial charge is 0.339 e. The number of hydrogen-bond acceptors (Lipinski definition) is 5. The summed E-state index contributed by atoms with van der Waals surface area (Å²) in [6, 6.07) is 3.44. The summed E-state index contributed by atoms with van der Waals surface area (Å²) in [4.78, 5) is 18.0. The van der Waals surface area contributed by atoms with E-state index in [1.54, 1.807) is 18.3 Å². The molecule has 1 aliphatic rings. The lowest BCUT2D eigenvalue weighted by atomic mass is 10.2. The van der Waals surface area contributed by atoms with Crippen LogP contribution in [0.25, 0.3) is 0 Å². The summed E-state index contributed by atoms with van der Waals surface area (Å²) in [5.74, 6) is 1.03. The number of hydrogen-bond donors (Lipinski definition) is 0. The van der Waals surface area contributed by atoms with Crippen LogP contribution in [-0.4, -0.2) is 51.8 Å². The fraction of sp³-hybridized carbons (Fsp3) is 0.500. The maximum Gasteiger partial charge on any atom is 0.339 e. The van der Waals surface area contributed by atoms with E-state index in [9.17, 15) is 9.00 Å². The van der Waals surface area contributed by atoms with Gasteiger partial charge in [0.05, 0.1) is 18.4 Å². The molecule has 0 saturated carbocycles. The highest BCUT2D eigenvalue weighted by Crippen LogP contribution is 2.11. The number of carbonyl (C=O) groups excluding carboxylic acids is 1. The molecule has 0 N–H and O–H groups in total. The molecule has 0 radical (unpaired) electrons. The van der Waals surface area contributed by atoms with Gasteiger partial charge in [-0.2, -0.15) is 0 Å². The minimum Gasteiger partial charge on any atom is -0.465 e. The predicted molar refractivity (Wildman–Crippen MR) is 68.7 cm³/mol. The van der Waals surface area contributed by atoms with Crippen molar-refractivity contribution in [3.63, 3.8) is 0 Å². The molecule has 0 spiro atoms. The van der Waals surface area contributed by atoms with E-state index in [1.807, 2.05) is 0 Å². The van der Waals surface area contributed by atoms with Gasteiger partial charge in [-0.05, 0) is 12.1 Å². The van der Waals surface area contributed by atoms with Gasteiger partial charge < -0.3 is 4.74 Å². The highest BCUT2D eigenvalue weighted by atomic mass is 32.2. The average molecular weight is 268 g/mol. The number of methoxy groups -OCH3 is 1. The predicted octanol–water partition coefficient (Wildman–Crippen LogP) is 0.433. The van der Waals surface area contributed by atoms with Crippen molar-refractivity contribution in [2.45, 2.75) is 6.54 Å². The molecular weight excluding hydrogens is 252 g/mol. The first kappa shape index (κ1) is 13.2. The molecule has 98 valence electrons. The van der Waals surface area contributed by atoms with E-state index < -0.39 is 10.8 Å². The second kappa shape index (κ2) is 6.06. The molecule has 0 aliphatic carbocycles. The first-order chi connectivity index (χ1) is 8.70. The van der Waals surface area contributed by atoms with Crippen LogP contribution in [0.1, 0.15) is 16.1 Å². The van der Waals surface area contributed by atoms with Gasteiger partial charge in [-0.3, -0.25) is 14.1 Å². The summed E-state index contributed by atoms with van der Waals surface area (Å²) >= 11 is 0. The van der Waals surface area contributed by atoms with Crippen LogP contribution >= 0.6 is 0 Å². The minimum atomic E-state index is -0.688. The standard InChI is InChI=1S/C12H16N2O3S/c1-17-12(15)10-3-2-4-13-11(10)9-14-5-7-18(16)8-6-14/h2-4H,5-9H2,1H3. The van der Waals surface area contributed by atoms with E-state index in [-0.39, 0.29) is 5.97 Å². The van der Waals surface area contributed by atoms with Crippen LogP contribution in [0.2, 0.25) is 0 Å². The maximum absolute atomic E-state index is 11.6. The van der Waals surface area contributed by atoms with Crippen LogP contribution in [-0.2, 0) is 22.1 Å². The molecule has 2 rings (SSSR count). The summed E-state index contributed by atoms with van der Waals surface area (Å²) in [5.41, 5.74) is 1.23. The molecule has 1 aromatic rings. The topological polar surface area (TPSA) is 59.5 Å².